The fourth-order valence-corrected chi connectivity index (χ4v) is 0.448. The first-order valence-corrected chi connectivity index (χ1v) is 3.28. The van der Waals surface area contributed by atoms with E-state index in [4.69, 9.17) is 5.11 Å². The molecular formula is C8H13NO. The second kappa shape index (κ2) is 6.23. The maximum atomic E-state index is 7.57. The first kappa shape index (κ1) is 9.11. The van der Waals surface area contributed by atoms with Gasteiger partial charge in [-0.15, -0.1) is 0 Å². The van der Waals surface area contributed by atoms with E-state index in [9.17, 15) is 0 Å². The fourth-order valence-electron chi connectivity index (χ4n) is 0.448. The Morgan fingerprint density at radius 1 is 1.60 bits per heavy atom. The summed E-state index contributed by atoms with van der Waals surface area (Å²) in [5, 5.41) is 7.57. The van der Waals surface area contributed by atoms with Crippen LogP contribution in [0.3, 0.4) is 0 Å². The van der Waals surface area contributed by atoms with Gasteiger partial charge in [-0.2, -0.15) is 0 Å². The lowest BCUT2D eigenvalue weighted by Crippen LogP contribution is -1.69. The highest BCUT2D eigenvalue weighted by atomic mass is 16.2. The number of aliphatic hydroxyl groups is 1. The second-order valence-electron chi connectivity index (χ2n) is 1.85. The van der Waals surface area contributed by atoms with Crippen molar-refractivity contribution in [2.45, 2.75) is 13.8 Å². The Hall–Kier alpha value is -0.890. The van der Waals surface area contributed by atoms with Crippen molar-refractivity contribution in [2.24, 2.45) is 0 Å². The molecule has 0 aliphatic heterocycles. The molecule has 0 aromatic carbocycles. The van der Waals surface area contributed by atoms with E-state index in [2.05, 4.69) is 4.98 Å². The first-order valence-electron chi connectivity index (χ1n) is 3.28. The summed E-state index contributed by atoms with van der Waals surface area (Å²) in [4.78, 5) is 3.88. The number of hydrogen-bond donors (Lipinski definition) is 1. The third kappa shape index (κ3) is 5.25. The van der Waals surface area contributed by atoms with Crippen molar-refractivity contribution in [3.8, 4) is 0 Å². The van der Waals surface area contributed by atoms with E-state index in [0.717, 1.165) is 0 Å². The lowest BCUT2D eigenvalue weighted by atomic mass is 10.3. The molecule has 1 rings (SSSR count). The number of aliphatic hydroxyl groups excluding tert-OH is 1. The summed E-state index contributed by atoms with van der Waals surface area (Å²) in [6, 6.07) is 3.95. The van der Waals surface area contributed by atoms with E-state index < -0.39 is 0 Å². The summed E-state index contributed by atoms with van der Waals surface area (Å²) in [6.45, 7) is 3.95. The minimum Gasteiger partial charge on any atom is -0.397 e. The predicted octanol–water partition coefficient (Wildman–Crippen LogP) is 1.39. The van der Waals surface area contributed by atoms with Gasteiger partial charge in [-0.3, -0.25) is 4.98 Å². The Morgan fingerprint density at radius 3 is 2.40 bits per heavy atom. The topological polar surface area (TPSA) is 33.1 Å². The SMILES string of the molecule is CCO.Cc1cccnc1. The summed E-state index contributed by atoms with van der Waals surface area (Å²) in [5.74, 6) is 0. The van der Waals surface area contributed by atoms with Gasteiger partial charge in [-0.1, -0.05) is 6.07 Å². The van der Waals surface area contributed by atoms with Crippen LogP contribution in [0.1, 0.15) is 12.5 Å². The minimum absolute atomic E-state index is 0.250. The van der Waals surface area contributed by atoms with Gasteiger partial charge in [0.1, 0.15) is 0 Å². The molecule has 0 spiro atoms. The van der Waals surface area contributed by atoms with Crippen molar-refractivity contribution >= 4 is 0 Å². The van der Waals surface area contributed by atoms with Gasteiger partial charge in [0, 0.05) is 19.0 Å². The van der Waals surface area contributed by atoms with Crippen molar-refractivity contribution in [2.75, 3.05) is 6.61 Å². The molecule has 1 N–H and O–H groups in total. The van der Waals surface area contributed by atoms with Crippen molar-refractivity contribution in [1.82, 2.24) is 4.98 Å². The lowest BCUT2D eigenvalue weighted by Gasteiger charge is -1.82. The first-order chi connectivity index (χ1) is 4.81. The zero-order chi connectivity index (χ0) is 7.82. The predicted molar refractivity (Wildman–Crippen MR) is 41.7 cm³/mol. The molecule has 1 aromatic rings. The molecular weight excluding hydrogens is 126 g/mol. The summed E-state index contributed by atoms with van der Waals surface area (Å²) in [7, 11) is 0. The van der Waals surface area contributed by atoms with Gasteiger partial charge in [0.2, 0.25) is 0 Å². The minimum atomic E-state index is 0.250. The van der Waals surface area contributed by atoms with E-state index in [1.165, 1.54) is 5.56 Å². The highest BCUT2D eigenvalue weighted by Gasteiger charge is 1.73. The smallest absolute Gasteiger partial charge is 0.0402 e. The van der Waals surface area contributed by atoms with Crippen molar-refractivity contribution in [3.05, 3.63) is 30.1 Å². The highest BCUT2D eigenvalue weighted by Crippen LogP contribution is 1.88. The molecule has 0 bridgehead atoms. The van der Waals surface area contributed by atoms with Crippen molar-refractivity contribution in [1.29, 1.82) is 0 Å². The molecule has 0 saturated carbocycles. The van der Waals surface area contributed by atoms with Crippen LogP contribution in [0.5, 0.6) is 0 Å². The van der Waals surface area contributed by atoms with Crippen LogP contribution in [0, 0.1) is 6.92 Å². The summed E-state index contributed by atoms with van der Waals surface area (Å²) >= 11 is 0. The number of rotatable bonds is 0. The molecule has 1 aromatic heterocycles. The third-order valence-corrected chi connectivity index (χ3v) is 0.809. The van der Waals surface area contributed by atoms with E-state index in [1.807, 2.05) is 25.3 Å². The van der Waals surface area contributed by atoms with Crippen molar-refractivity contribution in [3.63, 3.8) is 0 Å². The Morgan fingerprint density at radius 2 is 2.20 bits per heavy atom. The average Bonchev–Trinajstić information content (AvgIpc) is 1.91. The van der Waals surface area contributed by atoms with E-state index in [0.29, 0.717) is 0 Å². The molecule has 1 heterocycles. The van der Waals surface area contributed by atoms with Gasteiger partial charge >= 0.3 is 0 Å². The van der Waals surface area contributed by atoms with E-state index in [-0.39, 0.29) is 6.61 Å². The molecule has 0 unspecified atom stereocenters. The molecule has 2 heteroatoms. The zero-order valence-corrected chi connectivity index (χ0v) is 6.41. The quantitative estimate of drug-likeness (QED) is 0.589. The molecule has 0 atom stereocenters. The Labute approximate surface area is 61.5 Å². The van der Waals surface area contributed by atoms with Crippen molar-refractivity contribution < 1.29 is 5.11 Å². The molecule has 0 fully saturated rings. The number of aryl methyl sites for hydroxylation is 1. The number of hydrogen-bond acceptors (Lipinski definition) is 2. The summed E-state index contributed by atoms with van der Waals surface area (Å²) in [5.41, 5.74) is 1.21. The van der Waals surface area contributed by atoms with Crippen LogP contribution >= 0.6 is 0 Å². The molecule has 10 heavy (non-hydrogen) atoms. The van der Waals surface area contributed by atoms with Crippen LogP contribution in [0.4, 0.5) is 0 Å². The van der Waals surface area contributed by atoms with Gasteiger partial charge in [-0.25, -0.2) is 0 Å². The van der Waals surface area contributed by atoms with E-state index in [1.54, 1.807) is 13.1 Å². The van der Waals surface area contributed by atoms with Gasteiger partial charge in [0.05, 0.1) is 0 Å². The monoisotopic (exact) mass is 139 g/mol. The standard InChI is InChI=1S/C6H7N.C2H6O/c1-6-3-2-4-7-5-6;1-2-3/h2-5H,1H3;3H,2H2,1H3. The summed E-state index contributed by atoms with van der Waals surface area (Å²) < 4.78 is 0. The lowest BCUT2D eigenvalue weighted by molar-refractivity contribution is 0.318. The van der Waals surface area contributed by atoms with Crippen LogP contribution in [-0.4, -0.2) is 16.7 Å². The van der Waals surface area contributed by atoms with Crippen LogP contribution in [0.2, 0.25) is 0 Å². The van der Waals surface area contributed by atoms with Gasteiger partial charge in [0.15, 0.2) is 0 Å². The van der Waals surface area contributed by atoms with Crippen LogP contribution in [0.15, 0.2) is 24.5 Å². The zero-order valence-electron chi connectivity index (χ0n) is 6.41. The van der Waals surface area contributed by atoms with Crippen LogP contribution in [-0.2, 0) is 0 Å². The Kier molecular flexibility index (Phi) is 5.68. The second-order valence-corrected chi connectivity index (χ2v) is 1.85. The van der Waals surface area contributed by atoms with E-state index >= 15 is 0 Å². The average molecular weight is 139 g/mol. The van der Waals surface area contributed by atoms with Gasteiger partial charge in [0.25, 0.3) is 0 Å². The molecule has 2 nitrogen and oxygen atoms in total. The Balaban J connectivity index is 0.000000236. The Bertz CT molecular complexity index is 151. The largest absolute Gasteiger partial charge is 0.397 e. The maximum absolute atomic E-state index is 7.57. The molecule has 0 aliphatic carbocycles. The van der Waals surface area contributed by atoms with Crippen LogP contribution < -0.4 is 0 Å². The van der Waals surface area contributed by atoms with Gasteiger partial charge in [-0.05, 0) is 25.5 Å². The molecule has 0 aliphatic rings. The third-order valence-electron chi connectivity index (χ3n) is 0.809. The molecule has 0 saturated heterocycles. The normalized spacial score (nSPS) is 7.90. The number of aromatic nitrogens is 1. The molecule has 0 amide bonds. The maximum Gasteiger partial charge on any atom is 0.0402 e. The molecule has 56 valence electrons. The summed E-state index contributed by atoms with van der Waals surface area (Å²) in [6.07, 6.45) is 3.60. The van der Waals surface area contributed by atoms with Gasteiger partial charge < -0.3 is 5.11 Å². The fraction of sp³-hybridized carbons (Fsp3) is 0.375. The van der Waals surface area contributed by atoms with Crippen LogP contribution in [0.25, 0.3) is 0 Å². The molecule has 0 radical (unpaired) electrons. The highest BCUT2D eigenvalue weighted by molar-refractivity contribution is 5.04. The number of pyridine rings is 1. The number of nitrogens with zero attached hydrogens (tertiary/aromatic N) is 1.